The van der Waals surface area contributed by atoms with Gasteiger partial charge in [0.15, 0.2) is 0 Å². The minimum absolute atomic E-state index is 0.0292. The Hall–Kier alpha value is -1.44. The second-order valence-electron chi connectivity index (χ2n) is 7.06. The van der Waals surface area contributed by atoms with E-state index >= 15 is 0 Å². The molecule has 1 aromatic rings. The zero-order chi connectivity index (χ0) is 18.0. The average molecular weight is 365 g/mol. The van der Waals surface area contributed by atoms with E-state index in [9.17, 15) is 13.2 Å². The van der Waals surface area contributed by atoms with Crippen molar-refractivity contribution in [2.75, 3.05) is 39.0 Å². The molecule has 1 unspecified atom stereocenters. The molecule has 0 bridgehead atoms. The van der Waals surface area contributed by atoms with Gasteiger partial charge in [-0.2, -0.15) is 4.31 Å². The highest BCUT2D eigenvalue weighted by molar-refractivity contribution is 7.88. The quantitative estimate of drug-likeness (QED) is 0.801. The average Bonchev–Trinajstić information content (AvgIpc) is 3.07. The number of amides is 1. The molecule has 0 N–H and O–H groups in total. The fourth-order valence-electron chi connectivity index (χ4n) is 3.75. The lowest BCUT2D eigenvalue weighted by molar-refractivity contribution is -0.136. The molecule has 1 atom stereocenters. The zero-order valence-corrected chi connectivity index (χ0v) is 15.8. The van der Waals surface area contributed by atoms with E-state index in [-0.39, 0.29) is 5.91 Å². The number of carbonyl (C=O) groups excluding carboxylic acids is 1. The standard InChI is InChI=1S/C18H27N3O3S/c1-15-6-3-4-7-16(15)14-19-10-12-20(13-11-19)18(22)17-8-5-9-21(17)25(2,23)24/h3-4,6-7,17H,5,8-14H2,1-2H3. The Balaban J connectivity index is 1.57. The van der Waals surface area contributed by atoms with Crippen LogP contribution < -0.4 is 0 Å². The molecule has 2 saturated heterocycles. The van der Waals surface area contributed by atoms with Gasteiger partial charge in [-0.3, -0.25) is 9.69 Å². The second-order valence-corrected chi connectivity index (χ2v) is 8.99. The van der Waals surface area contributed by atoms with E-state index in [1.165, 1.54) is 21.7 Å². The first kappa shape index (κ1) is 18.4. The van der Waals surface area contributed by atoms with Crippen molar-refractivity contribution in [1.82, 2.24) is 14.1 Å². The van der Waals surface area contributed by atoms with Gasteiger partial charge in [0.25, 0.3) is 0 Å². The van der Waals surface area contributed by atoms with Gasteiger partial charge in [-0.15, -0.1) is 0 Å². The second kappa shape index (κ2) is 7.43. The first-order chi connectivity index (χ1) is 11.9. The Morgan fingerprint density at radius 1 is 1.12 bits per heavy atom. The first-order valence-electron chi connectivity index (χ1n) is 8.89. The molecule has 6 nitrogen and oxygen atoms in total. The van der Waals surface area contributed by atoms with Gasteiger partial charge in [0.1, 0.15) is 6.04 Å². The molecule has 3 rings (SSSR count). The van der Waals surface area contributed by atoms with Crippen LogP contribution in [0, 0.1) is 6.92 Å². The van der Waals surface area contributed by atoms with Crippen LogP contribution in [0.3, 0.4) is 0 Å². The summed E-state index contributed by atoms with van der Waals surface area (Å²) >= 11 is 0. The van der Waals surface area contributed by atoms with Crippen LogP contribution in [0.2, 0.25) is 0 Å². The first-order valence-corrected chi connectivity index (χ1v) is 10.7. The lowest BCUT2D eigenvalue weighted by atomic mass is 10.1. The van der Waals surface area contributed by atoms with Crippen LogP contribution >= 0.6 is 0 Å². The highest BCUT2D eigenvalue weighted by Gasteiger charge is 2.39. The summed E-state index contributed by atoms with van der Waals surface area (Å²) in [5.74, 6) is -0.0292. The van der Waals surface area contributed by atoms with E-state index < -0.39 is 16.1 Å². The van der Waals surface area contributed by atoms with Gasteiger partial charge in [0.2, 0.25) is 15.9 Å². The Morgan fingerprint density at radius 3 is 2.44 bits per heavy atom. The molecule has 0 saturated carbocycles. The number of hydrogen-bond acceptors (Lipinski definition) is 4. The monoisotopic (exact) mass is 365 g/mol. The van der Waals surface area contributed by atoms with Crippen molar-refractivity contribution in [2.24, 2.45) is 0 Å². The van der Waals surface area contributed by atoms with E-state index in [4.69, 9.17) is 0 Å². The molecular weight excluding hydrogens is 338 g/mol. The van der Waals surface area contributed by atoms with Crippen molar-refractivity contribution >= 4 is 15.9 Å². The van der Waals surface area contributed by atoms with Crippen LogP contribution in [0.15, 0.2) is 24.3 Å². The van der Waals surface area contributed by atoms with E-state index in [0.29, 0.717) is 26.1 Å². The number of hydrogen-bond donors (Lipinski definition) is 0. The minimum atomic E-state index is -3.32. The van der Waals surface area contributed by atoms with Gasteiger partial charge in [-0.1, -0.05) is 24.3 Å². The fourth-order valence-corrected chi connectivity index (χ4v) is 4.87. The van der Waals surface area contributed by atoms with Crippen molar-refractivity contribution in [2.45, 2.75) is 32.4 Å². The Bertz CT molecular complexity index is 727. The summed E-state index contributed by atoms with van der Waals surface area (Å²) in [6, 6.07) is 7.87. The van der Waals surface area contributed by atoms with Crippen LogP contribution in [0.25, 0.3) is 0 Å². The summed E-state index contributed by atoms with van der Waals surface area (Å²) in [6.45, 7) is 6.46. The largest absolute Gasteiger partial charge is 0.339 e. The predicted octanol–water partition coefficient (Wildman–Crippen LogP) is 1.06. The third-order valence-electron chi connectivity index (χ3n) is 5.25. The molecule has 1 amide bonds. The molecule has 7 heteroatoms. The van der Waals surface area contributed by atoms with Crippen LogP contribution in [0.1, 0.15) is 24.0 Å². The van der Waals surface area contributed by atoms with Crippen molar-refractivity contribution < 1.29 is 13.2 Å². The zero-order valence-electron chi connectivity index (χ0n) is 15.0. The fraction of sp³-hybridized carbons (Fsp3) is 0.611. The molecule has 0 aromatic heterocycles. The highest BCUT2D eigenvalue weighted by Crippen LogP contribution is 2.23. The smallest absolute Gasteiger partial charge is 0.241 e. The number of carbonyl (C=O) groups is 1. The molecular formula is C18H27N3O3S. The summed E-state index contributed by atoms with van der Waals surface area (Å²) in [4.78, 5) is 17.0. The summed E-state index contributed by atoms with van der Waals surface area (Å²) < 4.78 is 25.1. The topological polar surface area (TPSA) is 60.9 Å². The lowest BCUT2D eigenvalue weighted by Crippen LogP contribution is -2.54. The van der Waals surface area contributed by atoms with Crippen molar-refractivity contribution in [3.05, 3.63) is 35.4 Å². The maximum Gasteiger partial charge on any atom is 0.241 e. The van der Waals surface area contributed by atoms with Crippen LogP contribution in [-0.4, -0.2) is 73.5 Å². The van der Waals surface area contributed by atoms with Gasteiger partial charge >= 0.3 is 0 Å². The number of sulfonamides is 1. The summed E-state index contributed by atoms with van der Waals surface area (Å²) in [5, 5.41) is 0. The Labute approximate surface area is 150 Å². The summed E-state index contributed by atoms with van der Waals surface area (Å²) in [6.07, 6.45) is 2.59. The maximum absolute atomic E-state index is 12.8. The highest BCUT2D eigenvalue weighted by atomic mass is 32.2. The molecule has 1 aromatic carbocycles. The third-order valence-corrected chi connectivity index (χ3v) is 6.54. The molecule has 2 heterocycles. The van der Waals surface area contributed by atoms with E-state index in [2.05, 4.69) is 30.0 Å². The Kier molecular flexibility index (Phi) is 5.46. The predicted molar refractivity (Wildman–Crippen MR) is 97.6 cm³/mol. The molecule has 0 aliphatic carbocycles. The lowest BCUT2D eigenvalue weighted by Gasteiger charge is -2.37. The van der Waals surface area contributed by atoms with Gasteiger partial charge in [-0.25, -0.2) is 8.42 Å². The van der Waals surface area contributed by atoms with Crippen LogP contribution in [0.5, 0.6) is 0 Å². The number of piperazine rings is 1. The van der Waals surface area contributed by atoms with E-state index in [1.807, 2.05) is 11.0 Å². The van der Waals surface area contributed by atoms with Gasteiger partial charge in [-0.05, 0) is 30.9 Å². The molecule has 138 valence electrons. The van der Waals surface area contributed by atoms with Gasteiger partial charge < -0.3 is 4.90 Å². The molecule has 2 fully saturated rings. The van der Waals surface area contributed by atoms with Crippen molar-refractivity contribution in [3.63, 3.8) is 0 Å². The van der Waals surface area contributed by atoms with Gasteiger partial charge in [0.05, 0.1) is 6.26 Å². The van der Waals surface area contributed by atoms with Crippen LogP contribution in [0.4, 0.5) is 0 Å². The van der Waals surface area contributed by atoms with Crippen molar-refractivity contribution in [1.29, 1.82) is 0 Å². The molecule has 0 spiro atoms. The van der Waals surface area contributed by atoms with E-state index in [0.717, 1.165) is 26.1 Å². The Morgan fingerprint density at radius 2 is 1.80 bits per heavy atom. The normalized spacial score (nSPS) is 23.1. The number of rotatable bonds is 4. The summed E-state index contributed by atoms with van der Waals surface area (Å²) in [7, 11) is -3.32. The number of aryl methyl sites for hydroxylation is 1. The van der Waals surface area contributed by atoms with Crippen LogP contribution in [-0.2, 0) is 21.4 Å². The number of nitrogens with zero attached hydrogens (tertiary/aromatic N) is 3. The van der Waals surface area contributed by atoms with Crippen molar-refractivity contribution in [3.8, 4) is 0 Å². The van der Waals surface area contributed by atoms with E-state index in [1.54, 1.807) is 0 Å². The molecule has 25 heavy (non-hydrogen) atoms. The molecule has 2 aliphatic rings. The SMILES string of the molecule is Cc1ccccc1CN1CCN(C(=O)C2CCCN2S(C)(=O)=O)CC1. The summed E-state index contributed by atoms with van der Waals surface area (Å²) in [5.41, 5.74) is 2.61. The minimum Gasteiger partial charge on any atom is -0.339 e. The van der Waals surface area contributed by atoms with Gasteiger partial charge in [0, 0.05) is 39.3 Å². The maximum atomic E-state index is 12.8. The third kappa shape index (κ3) is 4.22. The molecule has 2 aliphatic heterocycles. The number of benzene rings is 1. The molecule has 0 radical (unpaired) electrons.